The fourth-order valence-electron chi connectivity index (χ4n) is 2.97. The van der Waals surface area contributed by atoms with E-state index in [0.29, 0.717) is 38.6 Å². The molecule has 1 aromatic rings. The van der Waals surface area contributed by atoms with Crippen molar-refractivity contribution in [3.05, 3.63) is 24.3 Å². The van der Waals surface area contributed by atoms with Gasteiger partial charge < -0.3 is 9.47 Å². The predicted molar refractivity (Wildman–Crippen MR) is 85.5 cm³/mol. The van der Waals surface area contributed by atoms with Gasteiger partial charge in [0, 0.05) is 13.1 Å². The maximum Gasteiger partial charge on any atom is 0.251 e. The summed E-state index contributed by atoms with van der Waals surface area (Å²) in [6, 6.07) is 6.77. The van der Waals surface area contributed by atoms with Crippen LogP contribution < -0.4 is 9.64 Å². The number of imide groups is 1. The van der Waals surface area contributed by atoms with Crippen LogP contribution in [-0.4, -0.2) is 55.7 Å². The summed E-state index contributed by atoms with van der Waals surface area (Å²) < 4.78 is 10.8. The quantitative estimate of drug-likeness (QED) is 0.769. The normalized spacial score (nSPS) is 22.7. The molecule has 2 heterocycles. The van der Waals surface area contributed by atoms with Gasteiger partial charge in [-0.15, -0.1) is 0 Å². The molecule has 124 valence electrons. The second kappa shape index (κ2) is 7.10. The van der Waals surface area contributed by atoms with E-state index in [4.69, 9.17) is 9.47 Å². The van der Waals surface area contributed by atoms with Gasteiger partial charge in [0.15, 0.2) is 0 Å². The van der Waals surface area contributed by atoms with Gasteiger partial charge in [-0.25, -0.2) is 4.90 Å². The van der Waals surface area contributed by atoms with Crippen molar-refractivity contribution in [2.24, 2.45) is 0 Å². The van der Waals surface area contributed by atoms with Crippen LogP contribution in [0, 0.1) is 0 Å². The average molecular weight is 318 g/mol. The van der Waals surface area contributed by atoms with E-state index >= 15 is 0 Å². The summed E-state index contributed by atoms with van der Waals surface area (Å²) in [6.45, 7) is 5.31. The number of morpholine rings is 1. The minimum absolute atomic E-state index is 0.140. The minimum atomic E-state index is -0.359. The lowest BCUT2D eigenvalue weighted by molar-refractivity contribution is -0.123. The molecule has 0 saturated carbocycles. The summed E-state index contributed by atoms with van der Waals surface area (Å²) in [6.07, 6.45) is 1.18. The Morgan fingerprint density at radius 1 is 1.17 bits per heavy atom. The molecule has 2 fully saturated rings. The standard InChI is InChI=1S/C17H22N2O4/c1-2-9-23-14-5-3-13(4-6-14)19-16(20)12-15(17(19)21)18-7-10-22-11-8-18/h3-6,15H,2,7-12H2,1H3/t15-/m0/s1. The zero-order valence-electron chi connectivity index (χ0n) is 13.4. The predicted octanol–water partition coefficient (Wildman–Crippen LogP) is 1.44. The Kier molecular flexibility index (Phi) is 4.93. The van der Waals surface area contributed by atoms with Crippen LogP contribution in [0.3, 0.4) is 0 Å². The van der Waals surface area contributed by atoms with Crippen LogP contribution >= 0.6 is 0 Å². The Hall–Kier alpha value is -1.92. The number of carbonyl (C=O) groups excluding carboxylic acids is 2. The molecule has 6 nitrogen and oxygen atoms in total. The fourth-order valence-corrected chi connectivity index (χ4v) is 2.97. The molecule has 0 radical (unpaired) electrons. The SMILES string of the molecule is CCCOc1ccc(N2C(=O)C[C@H](N3CCOCC3)C2=O)cc1. The second-order valence-electron chi connectivity index (χ2n) is 5.78. The lowest BCUT2D eigenvalue weighted by Gasteiger charge is -2.30. The van der Waals surface area contributed by atoms with E-state index in [1.54, 1.807) is 24.3 Å². The molecule has 0 aliphatic carbocycles. The first-order valence-corrected chi connectivity index (χ1v) is 8.12. The summed E-state index contributed by atoms with van der Waals surface area (Å²) in [5.74, 6) is 0.465. The second-order valence-corrected chi connectivity index (χ2v) is 5.78. The van der Waals surface area contributed by atoms with E-state index in [-0.39, 0.29) is 24.3 Å². The number of anilines is 1. The first-order chi connectivity index (χ1) is 11.2. The molecule has 2 aliphatic rings. The maximum absolute atomic E-state index is 12.7. The zero-order valence-corrected chi connectivity index (χ0v) is 13.4. The highest BCUT2D eigenvalue weighted by Crippen LogP contribution is 2.27. The molecule has 0 bridgehead atoms. The van der Waals surface area contributed by atoms with Gasteiger partial charge in [0.2, 0.25) is 5.91 Å². The number of ether oxygens (including phenoxy) is 2. The number of amides is 2. The maximum atomic E-state index is 12.7. The summed E-state index contributed by atoms with van der Waals surface area (Å²) in [5, 5.41) is 0. The Balaban J connectivity index is 1.71. The molecule has 0 spiro atoms. The fraction of sp³-hybridized carbons (Fsp3) is 0.529. The van der Waals surface area contributed by atoms with Gasteiger partial charge in [-0.1, -0.05) is 6.92 Å². The number of rotatable bonds is 5. The van der Waals surface area contributed by atoms with E-state index in [1.807, 2.05) is 11.8 Å². The van der Waals surface area contributed by atoms with Crippen LogP contribution in [0.5, 0.6) is 5.75 Å². The van der Waals surface area contributed by atoms with Crippen LogP contribution in [0.15, 0.2) is 24.3 Å². The van der Waals surface area contributed by atoms with Crippen molar-refractivity contribution in [2.45, 2.75) is 25.8 Å². The molecule has 2 saturated heterocycles. The van der Waals surface area contributed by atoms with Crippen LogP contribution in [0.4, 0.5) is 5.69 Å². The Labute approximate surface area is 136 Å². The van der Waals surface area contributed by atoms with Crippen molar-refractivity contribution in [1.82, 2.24) is 4.90 Å². The van der Waals surface area contributed by atoms with E-state index in [1.165, 1.54) is 4.90 Å². The van der Waals surface area contributed by atoms with E-state index < -0.39 is 0 Å². The van der Waals surface area contributed by atoms with Crippen LogP contribution in [0.25, 0.3) is 0 Å². The summed E-state index contributed by atoms with van der Waals surface area (Å²) in [4.78, 5) is 28.3. The Morgan fingerprint density at radius 3 is 2.52 bits per heavy atom. The van der Waals surface area contributed by atoms with Crippen LogP contribution in [-0.2, 0) is 14.3 Å². The van der Waals surface area contributed by atoms with Gasteiger partial charge in [0.1, 0.15) is 5.75 Å². The largest absolute Gasteiger partial charge is 0.494 e. The molecule has 0 N–H and O–H groups in total. The third kappa shape index (κ3) is 3.38. The molecular weight excluding hydrogens is 296 g/mol. The molecule has 0 unspecified atom stereocenters. The number of hydrogen-bond acceptors (Lipinski definition) is 5. The topological polar surface area (TPSA) is 59.1 Å². The number of benzene rings is 1. The molecule has 2 amide bonds. The minimum Gasteiger partial charge on any atom is -0.494 e. The molecule has 23 heavy (non-hydrogen) atoms. The van der Waals surface area contributed by atoms with Gasteiger partial charge in [-0.2, -0.15) is 0 Å². The Bertz CT molecular complexity index is 566. The van der Waals surface area contributed by atoms with Crippen molar-refractivity contribution in [1.29, 1.82) is 0 Å². The molecule has 1 atom stereocenters. The summed E-state index contributed by atoms with van der Waals surface area (Å²) in [5.41, 5.74) is 0.611. The van der Waals surface area contributed by atoms with Crippen LogP contribution in [0.1, 0.15) is 19.8 Å². The first kappa shape index (κ1) is 16.0. The van der Waals surface area contributed by atoms with Crippen molar-refractivity contribution in [3.8, 4) is 5.75 Å². The number of hydrogen-bond donors (Lipinski definition) is 0. The number of nitrogens with zero attached hydrogens (tertiary/aromatic N) is 2. The number of carbonyl (C=O) groups is 2. The third-order valence-electron chi connectivity index (χ3n) is 4.18. The third-order valence-corrected chi connectivity index (χ3v) is 4.18. The highest BCUT2D eigenvalue weighted by Gasteiger charge is 2.42. The van der Waals surface area contributed by atoms with Crippen molar-refractivity contribution in [3.63, 3.8) is 0 Å². The first-order valence-electron chi connectivity index (χ1n) is 8.12. The monoisotopic (exact) mass is 318 g/mol. The zero-order chi connectivity index (χ0) is 16.2. The van der Waals surface area contributed by atoms with E-state index in [0.717, 1.165) is 12.2 Å². The summed E-state index contributed by atoms with van der Waals surface area (Å²) in [7, 11) is 0. The van der Waals surface area contributed by atoms with Crippen molar-refractivity contribution in [2.75, 3.05) is 37.8 Å². The lowest BCUT2D eigenvalue weighted by Crippen LogP contribution is -2.47. The lowest BCUT2D eigenvalue weighted by atomic mass is 10.2. The van der Waals surface area contributed by atoms with E-state index in [9.17, 15) is 9.59 Å². The molecule has 1 aromatic carbocycles. The molecule has 0 aromatic heterocycles. The van der Waals surface area contributed by atoms with Gasteiger partial charge in [0.05, 0.1) is 38.0 Å². The Morgan fingerprint density at radius 2 is 1.87 bits per heavy atom. The summed E-state index contributed by atoms with van der Waals surface area (Å²) >= 11 is 0. The van der Waals surface area contributed by atoms with Gasteiger partial charge >= 0.3 is 0 Å². The average Bonchev–Trinajstić information content (AvgIpc) is 2.89. The van der Waals surface area contributed by atoms with Gasteiger partial charge in [-0.05, 0) is 30.7 Å². The highest BCUT2D eigenvalue weighted by molar-refractivity contribution is 6.22. The van der Waals surface area contributed by atoms with E-state index in [2.05, 4.69) is 0 Å². The van der Waals surface area contributed by atoms with Gasteiger partial charge in [-0.3, -0.25) is 14.5 Å². The highest BCUT2D eigenvalue weighted by atomic mass is 16.5. The molecule has 6 heteroatoms. The van der Waals surface area contributed by atoms with Gasteiger partial charge in [0.25, 0.3) is 5.91 Å². The molecule has 3 rings (SSSR count). The molecular formula is C17H22N2O4. The van der Waals surface area contributed by atoms with Crippen molar-refractivity contribution < 1.29 is 19.1 Å². The van der Waals surface area contributed by atoms with Crippen molar-refractivity contribution >= 4 is 17.5 Å². The smallest absolute Gasteiger partial charge is 0.251 e. The molecule has 2 aliphatic heterocycles. The van der Waals surface area contributed by atoms with Crippen LogP contribution in [0.2, 0.25) is 0 Å².